The van der Waals surface area contributed by atoms with Gasteiger partial charge in [-0.05, 0) is 50.0 Å². The monoisotopic (exact) mass is 323 g/mol. The lowest BCUT2D eigenvalue weighted by molar-refractivity contribution is 0.218. The van der Waals surface area contributed by atoms with Gasteiger partial charge in [0.1, 0.15) is 0 Å². The second-order valence-corrected chi connectivity index (χ2v) is 6.25. The van der Waals surface area contributed by atoms with Crippen molar-refractivity contribution in [2.45, 2.75) is 38.6 Å². The van der Waals surface area contributed by atoms with E-state index < -0.39 is 0 Å². The number of halogens is 1. The van der Waals surface area contributed by atoms with Gasteiger partial charge in [0.05, 0.1) is 6.04 Å². The number of rotatable bonds is 6. The molecule has 1 unspecified atom stereocenters. The lowest BCUT2D eigenvalue weighted by Gasteiger charge is -2.26. The van der Waals surface area contributed by atoms with Gasteiger partial charge in [0.25, 0.3) is 0 Å². The van der Waals surface area contributed by atoms with Crippen molar-refractivity contribution in [2.75, 3.05) is 26.2 Å². The molecule has 22 heavy (non-hydrogen) atoms. The van der Waals surface area contributed by atoms with E-state index in [1.807, 2.05) is 24.3 Å². The molecule has 1 aromatic rings. The molecule has 0 spiro atoms. The summed E-state index contributed by atoms with van der Waals surface area (Å²) in [6, 6.07) is 7.56. The highest BCUT2D eigenvalue weighted by atomic mass is 35.5. The van der Waals surface area contributed by atoms with Crippen LogP contribution in [0.4, 0.5) is 4.79 Å². The second kappa shape index (κ2) is 9.01. The standard InChI is InChI=1S/C17H26ClN3O/c1-2-16(14-6-8-15(18)9-7-14)20-17(22)19-10-13-21-11-4-3-5-12-21/h6-9,16H,2-5,10-13H2,1H3,(H2,19,20,22). The van der Waals surface area contributed by atoms with E-state index in [9.17, 15) is 4.79 Å². The van der Waals surface area contributed by atoms with Crippen molar-refractivity contribution in [2.24, 2.45) is 0 Å². The molecule has 1 aromatic carbocycles. The summed E-state index contributed by atoms with van der Waals surface area (Å²) in [5, 5.41) is 6.70. The summed E-state index contributed by atoms with van der Waals surface area (Å²) in [6.45, 7) is 6.01. The van der Waals surface area contributed by atoms with Gasteiger partial charge in [0, 0.05) is 18.1 Å². The Balaban J connectivity index is 1.73. The number of hydrogen-bond acceptors (Lipinski definition) is 2. The Hall–Kier alpha value is -1.26. The lowest BCUT2D eigenvalue weighted by Crippen LogP contribution is -2.42. The van der Waals surface area contributed by atoms with Gasteiger partial charge in [-0.15, -0.1) is 0 Å². The van der Waals surface area contributed by atoms with Gasteiger partial charge in [-0.3, -0.25) is 0 Å². The van der Waals surface area contributed by atoms with Crippen LogP contribution >= 0.6 is 11.6 Å². The molecule has 0 aliphatic carbocycles. The zero-order chi connectivity index (χ0) is 15.8. The molecule has 1 aliphatic rings. The molecular formula is C17H26ClN3O. The number of nitrogens with one attached hydrogen (secondary N) is 2. The summed E-state index contributed by atoms with van der Waals surface area (Å²) >= 11 is 5.90. The van der Waals surface area contributed by atoms with Crippen molar-refractivity contribution in [3.05, 3.63) is 34.9 Å². The topological polar surface area (TPSA) is 44.4 Å². The van der Waals surface area contributed by atoms with Crippen LogP contribution in [0.25, 0.3) is 0 Å². The van der Waals surface area contributed by atoms with Crippen molar-refractivity contribution in [1.82, 2.24) is 15.5 Å². The molecule has 0 aromatic heterocycles. The zero-order valence-corrected chi connectivity index (χ0v) is 14.0. The number of carbonyl (C=O) groups is 1. The number of urea groups is 1. The van der Waals surface area contributed by atoms with Crippen LogP contribution in [0.2, 0.25) is 5.02 Å². The second-order valence-electron chi connectivity index (χ2n) is 5.81. The molecule has 1 aliphatic heterocycles. The van der Waals surface area contributed by atoms with Crippen LogP contribution in [0, 0.1) is 0 Å². The molecule has 122 valence electrons. The molecule has 2 amide bonds. The smallest absolute Gasteiger partial charge is 0.315 e. The normalized spacial score (nSPS) is 17.0. The van der Waals surface area contributed by atoms with Gasteiger partial charge < -0.3 is 15.5 Å². The van der Waals surface area contributed by atoms with Gasteiger partial charge in [-0.25, -0.2) is 4.79 Å². The highest BCUT2D eigenvalue weighted by Gasteiger charge is 2.13. The van der Waals surface area contributed by atoms with E-state index in [1.54, 1.807) is 0 Å². The maximum absolute atomic E-state index is 12.0. The number of carbonyl (C=O) groups excluding carboxylic acids is 1. The predicted molar refractivity (Wildman–Crippen MR) is 91.3 cm³/mol. The fourth-order valence-corrected chi connectivity index (χ4v) is 2.96. The van der Waals surface area contributed by atoms with E-state index in [2.05, 4.69) is 22.5 Å². The first-order valence-corrected chi connectivity index (χ1v) is 8.59. The third-order valence-corrected chi connectivity index (χ3v) is 4.40. The first-order valence-electron chi connectivity index (χ1n) is 8.21. The summed E-state index contributed by atoms with van der Waals surface area (Å²) in [6.07, 6.45) is 4.74. The van der Waals surface area contributed by atoms with Crippen LogP contribution in [0.1, 0.15) is 44.2 Å². The molecule has 2 N–H and O–H groups in total. The SMILES string of the molecule is CCC(NC(=O)NCCN1CCCCC1)c1ccc(Cl)cc1. The molecule has 1 saturated heterocycles. The molecule has 1 atom stereocenters. The predicted octanol–water partition coefficient (Wildman–Crippen LogP) is 3.58. The highest BCUT2D eigenvalue weighted by molar-refractivity contribution is 6.30. The van der Waals surface area contributed by atoms with Crippen molar-refractivity contribution < 1.29 is 4.79 Å². The van der Waals surface area contributed by atoms with Crippen molar-refractivity contribution in [3.63, 3.8) is 0 Å². The number of benzene rings is 1. The fraction of sp³-hybridized carbons (Fsp3) is 0.588. The molecular weight excluding hydrogens is 298 g/mol. The summed E-state index contributed by atoms with van der Waals surface area (Å²) < 4.78 is 0. The first kappa shape index (κ1) is 17.1. The van der Waals surface area contributed by atoms with Crippen molar-refractivity contribution in [3.8, 4) is 0 Å². The Labute approximate surface area is 138 Å². The molecule has 2 rings (SSSR count). The lowest BCUT2D eigenvalue weighted by atomic mass is 10.1. The summed E-state index contributed by atoms with van der Waals surface area (Å²) in [5.74, 6) is 0. The average Bonchev–Trinajstić information content (AvgIpc) is 2.54. The minimum Gasteiger partial charge on any atom is -0.337 e. The largest absolute Gasteiger partial charge is 0.337 e. The molecule has 0 saturated carbocycles. The quantitative estimate of drug-likeness (QED) is 0.840. The van der Waals surface area contributed by atoms with Gasteiger partial charge in [-0.1, -0.05) is 37.1 Å². The van der Waals surface area contributed by atoms with Crippen LogP contribution in [-0.2, 0) is 0 Å². The molecule has 0 radical (unpaired) electrons. The number of hydrogen-bond donors (Lipinski definition) is 2. The van der Waals surface area contributed by atoms with Crippen LogP contribution in [0.3, 0.4) is 0 Å². The summed E-state index contributed by atoms with van der Waals surface area (Å²) in [4.78, 5) is 14.4. The minimum atomic E-state index is -0.0983. The third kappa shape index (κ3) is 5.50. The van der Waals surface area contributed by atoms with E-state index in [0.717, 1.165) is 31.6 Å². The van der Waals surface area contributed by atoms with Crippen molar-refractivity contribution in [1.29, 1.82) is 0 Å². The molecule has 1 fully saturated rings. The van der Waals surface area contributed by atoms with Gasteiger partial charge in [0.15, 0.2) is 0 Å². The van der Waals surface area contributed by atoms with E-state index in [-0.39, 0.29) is 12.1 Å². The Morgan fingerprint density at radius 1 is 1.23 bits per heavy atom. The molecule has 5 heteroatoms. The zero-order valence-electron chi connectivity index (χ0n) is 13.3. The maximum atomic E-state index is 12.0. The Kier molecular flexibility index (Phi) is 7.00. The van der Waals surface area contributed by atoms with E-state index in [0.29, 0.717) is 11.6 Å². The van der Waals surface area contributed by atoms with Gasteiger partial charge in [0.2, 0.25) is 0 Å². The Bertz CT molecular complexity index is 457. The van der Waals surface area contributed by atoms with Crippen LogP contribution < -0.4 is 10.6 Å². The maximum Gasteiger partial charge on any atom is 0.315 e. The van der Waals surface area contributed by atoms with Gasteiger partial charge >= 0.3 is 6.03 Å². The van der Waals surface area contributed by atoms with Crippen LogP contribution in [0.5, 0.6) is 0 Å². The summed E-state index contributed by atoms with van der Waals surface area (Å²) in [7, 11) is 0. The van der Waals surface area contributed by atoms with E-state index >= 15 is 0 Å². The molecule has 1 heterocycles. The highest BCUT2D eigenvalue weighted by Crippen LogP contribution is 2.18. The Morgan fingerprint density at radius 3 is 2.55 bits per heavy atom. The number of likely N-dealkylation sites (tertiary alicyclic amines) is 1. The number of nitrogens with zero attached hydrogens (tertiary/aromatic N) is 1. The minimum absolute atomic E-state index is 0.0206. The van der Waals surface area contributed by atoms with Crippen molar-refractivity contribution >= 4 is 17.6 Å². The Morgan fingerprint density at radius 2 is 1.91 bits per heavy atom. The van der Waals surface area contributed by atoms with Crippen LogP contribution in [-0.4, -0.2) is 37.1 Å². The van der Waals surface area contributed by atoms with E-state index in [4.69, 9.17) is 11.6 Å². The third-order valence-electron chi connectivity index (χ3n) is 4.15. The molecule has 4 nitrogen and oxygen atoms in total. The summed E-state index contributed by atoms with van der Waals surface area (Å²) in [5.41, 5.74) is 1.08. The average molecular weight is 324 g/mol. The number of amides is 2. The van der Waals surface area contributed by atoms with Gasteiger partial charge in [-0.2, -0.15) is 0 Å². The number of piperidine rings is 1. The van der Waals surface area contributed by atoms with E-state index in [1.165, 1.54) is 19.3 Å². The molecule has 0 bridgehead atoms. The first-order chi connectivity index (χ1) is 10.7. The van der Waals surface area contributed by atoms with Crippen LogP contribution in [0.15, 0.2) is 24.3 Å². The fourth-order valence-electron chi connectivity index (χ4n) is 2.84.